The molecule has 0 aliphatic carbocycles. The zero-order valence-electron chi connectivity index (χ0n) is 11.6. The van der Waals surface area contributed by atoms with Crippen LogP contribution in [0.4, 0.5) is 5.69 Å². The van der Waals surface area contributed by atoms with Crippen molar-refractivity contribution in [3.63, 3.8) is 0 Å². The Hall–Kier alpha value is -1.88. The van der Waals surface area contributed by atoms with Crippen LogP contribution in [0, 0.1) is 0 Å². The number of nitrogens with one attached hydrogen (secondary N) is 1. The SMILES string of the molecule is CCC1C(=O)NCC(=O)N1c1ccc(Br)c2ccccc12. The number of hydrogen-bond donors (Lipinski definition) is 1. The Kier molecular flexibility index (Phi) is 3.68. The highest BCUT2D eigenvalue weighted by Crippen LogP contribution is 2.34. The van der Waals surface area contributed by atoms with Gasteiger partial charge < -0.3 is 5.32 Å². The number of nitrogens with zero attached hydrogens (tertiary/aromatic N) is 1. The van der Waals surface area contributed by atoms with Crippen LogP contribution in [0.3, 0.4) is 0 Å². The number of amides is 2. The van der Waals surface area contributed by atoms with Crippen molar-refractivity contribution in [3.05, 3.63) is 40.9 Å². The molecule has 1 fully saturated rings. The molecule has 1 unspecified atom stereocenters. The predicted molar refractivity (Wildman–Crippen MR) is 86.2 cm³/mol. The van der Waals surface area contributed by atoms with Crippen molar-refractivity contribution in [2.45, 2.75) is 19.4 Å². The van der Waals surface area contributed by atoms with Gasteiger partial charge in [-0.25, -0.2) is 0 Å². The molecule has 1 saturated heterocycles. The first-order chi connectivity index (χ1) is 10.1. The number of anilines is 1. The fourth-order valence-corrected chi connectivity index (χ4v) is 3.26. The smallest absolute Gasteiger partial charge is 0.247 e. The highest BCUT2D eigenvalue weighted by atomic mass is 79.9. The van der Waals surface area contributed by atoms with Crippen LogP contribution in [-0.2, 0) is 9.59 Å². The lowest BCUT2D eigenvalue weighted by molar-refractivity contribution is -0.131. The minimum atomic E-state index is -0.448. The first-order valence-electron chi connectivity index (χ1n) is 6.90. The highest BCUT2D eigenvalue weighted by molar-refractivity contribution is 9.10. The zero-order chi connectivity index (χ0) is 15.0. The molecule has 2 amide bonds. The van der Waals surface area contributed by atoms with E-state index in [9.17, 15) is 9.59 Å². The number of hydrogen-bond acceptors (Lipinski definition) is 2. The third-order valence-corrected chi connectivity index (χ3v) is 4.48. The summed E-state index contributed by atoms with van der Waals surface area (Å²) < 4.78 is 0.976. The van der Waals surface area contributed by atoms with Crippen LogP contribution in [-0.4, -0.2) is 24.4 Å². The Balaban J connectivity index is 2.20. The van der Waals surface area contributed by atoms with Crippen molar-refractivity contribution in [2.75, 3.05) is 11.4 Å². The Bertz CT molecular complexity index is 729. The summed E-state index contributed by atoms with van der Waals surface area (Å²) in [5.41, 5.74) is 0.792. The molecule has 1 aliphatic heterocycles. The summed E-state index contributed by atoms with van der Waals surface area (Å²) in [6.07, 6.45) is 0.585. The molecule has 2 aromatic rings. The second kappa shape index (κ2) is 5.48. The lowest BCUT2D eigenvalue weighted by Gasteiger charge is -2.35. The molecule has 3 rings (SSSR count). The third kappa shape index (κ3) is 2.31. The van der Waals surface area contributed by atoms with Gasteiger partial charge in [-0.1, -0.05) is 47.1 Å². The van der Waals surface area contributed by atoms with Crippen LogP contribution < -0.4 is 10.2 Å². The summed E-state index contributed by atoms with van der Waals surface area (Å²) in [6.45, 7) is 1.97. The van der Waals surface area contributed by atoms with Crippen molar-refractivity contribution < 1.29 is 9.59 Å². The van der Waals surface area contributed by atoms with Gasteiger partial charge in [-0.15, -0.1) is 0 Å². The van der Waals surface area contributed by atoms with E-state index in [4.69, 9.17) is 0 Å². The number of piperazine rings is 1. The summed E-state index contributed by atoms with van der Waals surface area (Å²) in [6, 6.07) is 11.2. The van der Waals surface area contributed by atoms with E-state index in [0.29, 0.717) is 6.42 Å². The van der Waals surface area contributed by atoms with Crippen molar-refractivity contribution in [3.8, 4) is 0 Å². The molecular weight excluding hydrogens is 332 g/mol. The van der Waals surface area contributed by atoms with E-state index >= 15 is 0 Å². The van der Waals surface area contributed by atoms with E-state index in [1.165, 1.54) is 0 Å². The van der Waals surface area contributed by atoms with E-state index in [-0.39, 0.29) is 18.4 Å². The molecule has 1 heterocycles. The number of carbonyl (C=O) groups excluding carboxylic acids is 2. The van der Waals surface area contributed by atoms with E-state index in [2.05, 4.69) is 21.2 Å². The monoisotopic (exact) mass is 346 g/mol. The van der Waals surface area contributed by atoms with Crippen LogP contribution in [0.25, 0.3) is 10.8 Å². The second-order valence-electron chi connectivity index (χ2n) is 5.02. The standard InChI is InChI=1S/C16H15BrN2O2/c1-2-13-16(21)18-9-15(20)19(13)14-8-7-12(17)10-5-3-4-6-11(10)14/h3-8,13H,2,9H2,1H3,(H,18,21). The normalized spacial score (nSPS) is 19.0. The number of halogens is 1. The van der Waals surface area contributed by atoms with Gasteiger partial charge >= 0.3 is 0 Å². The topological polar surface area (TPSA) is 49.4 Å². The minimum absolute atomic E-state index is 0.0553. The molecule has 5 heteroatoms. The number of carbonyl (C=O) groups is 2. The van der Waals surface area contributed by atoms with Gasteiger partial charge in [0.2, 0.25) is 11.8 Å². The lowest BCUT2D eigenvalue weighted by Crippen LogP contribution is -2.58. The quantitative estimate of drug-likeness (QED) is 0.908. The van der Waals surface area contributed by atoms with Gasteiger partial charge in [0.25, 0.3) is 0 Å². The van der Waals surface area contributed by atoms with Gasteiger partial charge in [-0.3, -0.25) is 14.5 Å². The molecule has 0 radical (unpaired) electrons. The first kappa shape index (κ1) is 14.1. The van der Waals surface area contributed by atoms with Crippen molar-refractivity contribution >= 4 is 44.2 Å². The van der Waals surface area contributed by atoms with Crippen LogP contribution >= 0.6 is 15.9 Å². The van der Waals surface area contributed by atoms with Crippen LogP contribution in [0.1, 0.15) is 13.3 Å². The van der Waals surface area contributed by atoms with Gasteiger partial charge in [0, 0.05) is 9.86 Å². The molecule has 2 aromatic carbocycles. The number of rotatable bonds is 2. The summed E-state index contributed by atoms with van der Waals surface area (Å²) in [5, 5.41) is 4.65. The van der Waals surface area contributed by atoms with Crippen molar-refractivity contribution in [1.29, 1.82) is 0 Å². The summed E-state index contributed by atoms with van der Waals surface area (Å²) in [4.78, 5) is 26.0. The van der Waals surface area contributed by atoms with E-state index in [1.54, 1.807) is 4.90 Å². The molecule has 1 N–H and O–H groups in total. The Morgan fingerprint density at radius 3 is 2.62 bits per heavy atom. The highest BCUT2D eigenvalue weighted by Gasteiger charge is 2.34. The minimum Gasteiger partial charge on any atom is -0.345 e. The van der Waals surface area contributed by atoms with Crippen LogP contribution in [0.15, 0.2) is 40.9 Å². The molecule has 0 bridgehead atoms. The molecule has 0 spiro atoms. The Labute approximate surface area is 131 Å². The maximum atomic E-state index is 12.3. The zero-order valence-corrected chi connectivity index (χ0v) is 13.2. The van der Waals surface area contributed by atoms with E-state index in [1.807, 2.05) is 43.3 Å². The first-order valence-corrected chi connectivity index (χ1v) is 7.69. The van der Waals surface area contributed by atoms with Crippen molar-refractivity contribution in [1.82, 2.24) is 5.32 Å². The Morgan fingerprint density at radius 2 is 1.90 bits per heavy atom. The van der Waals surface area contributed by atoms with E-state index in [0.717, 1.165) is 20.9 Å². The summed E-state index contributed by atoms with van der Waals surface area (Å²) in [5.74, 6) is -0.168. The predicted octanol–water partition coefficient (Wildman–Crippen LogP) is 2.84. The molecule has 0 aromatic heterocycles. The lowest BCUT2D eigenvalue weighted by atomic mass is 10.0. The van der Waals surface area contributed by atoms with Crippen LogP contribution in [0.5, 0.6) is 0 Å². The fraction of sp³-hybridized carbons (Fsp3) is 0.250. The third-order valence-electron chi connectivity index (χ3n) is 3.79. The van der Waals surface area contributed by atoms with Gasteiger partial charge in [0.1, 0.15) is 6.04 Å². The molecule has 4 nitrogen and oxygen atoms in total. The second-order valence-corrected chi connectivity index (χ2v) is 5.87. The summed E-state index contributed by atoms with van der Waals surface area (Å²) >= 11 is 3.53. The Morgan fingerprint density at radius 1 is 1.19 bits per heavy atom. The molecule has 1 aliphatic rings. The van der Waals surface area contributed by atoms with Gasteiger partial charge in [-0.05, 0) is 23.9 Å². The van der Waals surface area contributed by atoms with Gasteiger partial charge in [0.05, 0.1) is 12.2 Å². The largest absolute Gasteiger partial charge is 0.345 e. The number of benzene rings is 2. The van der Waals surface area contributed by atoms with Crippen LogP contribution in [0.2, 0.25) is 0 Å². The maximum Gasteiger partial charge on any atom is 0.247 e. The molecule has 0 saturated carbocycles. The molecule has 21 heavy (non-hydrogen) atoms. The van der Waals surface area contributed by atoms with E-state index < -0.39 is 6.04 Å². The van der Waals surface area contributed by atoms with Gasteiger partial charge in [0.15, 0.2) is 0 Å². The maximum absolute atomic E-state index is 12.3. The fourth-order valence-electron chi connectivity index (χ4n) is 2.78. The average molecular weight is 347 g/mol. The molecule has 1 atom stereocenters. The molecular formula is C16H15BrN2O2. The molecule has 108 valence electrons. The number of fused-ring (bicyclic) bond motifs is 1. The average Bonchev–Trinajstić information content (AvgIpc) is 2.50. The van der Waals surface area contributed by atoms with Crippen molar-refractivity contribution in [2.24, 2.45) is 0 Å². The van der Waals surface area contributed by atoms with Gasteiger partial charge in [-0.2, -0.15) is 0 Å². The summed E-state index contributed by atoms with van der Waals surface area (Å²) in [7, 11) is 0.